The van der Waals surface area contributed by atoms with Crippen LogP contribution in [0.2, 0.25) is 0 Å². The van der Waals surface area contributed by atoms with E-state index in [0.29, 0.717) is 28.5 Å². The Morgan fingerprint density at radius 3 is 2.12 bits per heavy atom. The van der Waals surface area contributed by atoms with Crippen LogP contribution in [-0.2, 0) is 14.9 Å². The number of cyclic esters (lactones) is 3. The summed E-state index contributed by atoms with van der Waals surface area (Å²) in [5.41, 5.74) is 2.96. The molecule has 2 aliphatic heterocycles. The van der Waals surface area contributed by atoms with E-state index in [1.807, 2.05) is 36.4 Å². The number of aliphatic hydroxyl groups excluding tert-OH is 2. The molecule has 0 radical (unpaired) electrons. The topological polar surface area (TPSA) is 146 Å². The SMILES string of the molecule is CC1CC(C)(C)CC(c2ccc(OC(=O)c3ccc4c(c3)C(=O)OC4=O)cc2)(c2ccc(OC(O)c3ccc4c(c3)C(=O)OC4O)cc2)C1. The van der Waals surface area contributed by atoms with Crippen molar-refractivity contribution in [2.24, 2.45) is 11.3 Å². The van der Waals surface area contributed by atoms with Gasteiger partial charge in [0, 0.05) is 16.5 Å². The summed E-state index contributed by atoms with van der Waals surface area (Å²) in [6, 6.07) is 23.8. The zero-order valence-electron chi connectivity index (χ0n) is 27.1. The third-order valence-electron chi connectivity index (χ3n) is 9.60. The van der Waals surface area contributed by atoms with Gasteiger partial charge in [0.05, 0.1) is 22.3 Å². The van der Waals surface area contributed by atoms with Gasteiger partial charge in [0.1, 0.15) is 11.5 Å². The van der Waals surface area contributed by atoms with Crippen molar-refractivity contribution in [1.29, 1.82) is 0 Å². The van der Waals surface area contributed by atoms with E-state index < -0.39 is 36.5 Å². The second-order valence-corrected chi connectivity index (χ2v) is 13.9. The summed E-state index contributed by atoms with van der Waals surface area (Å²) in [7, 11) is 0. The summed E-state index contributed by atoms with van der Waals surface area (Å²) in [5.74, 6) is -1.67. The van der Waals surface area contributed by atoms with Crippen molar-refractivity contribution in [3.05, 3.63) is 129 Å². The first kappa shape index (κ1) is 32.2. The van der Waals surface area contributed by atoms with Crippen LogP contribution in [0.5, 0.6) is 11.5 Å². The smallest absolute Gasteiger partial charge is 0.346 e. The minimum atomic E-state index is -1.35. The molecule has 49 heavy (non-hydrogen) atoms. The van der Waals surface area contributed by atoms with Gasteiger partial charge in [0.25, 0.3) is 0 Å². The molecule has 2 N–H and O–H groups in total. The summed E-state index contributed by atoms with van der Waals surface area (Å²) >= 11 is 0. The number of aliphatic hydroxyl groups is 2. The maximum absolute atomic E-state index is 13.0. The van der Waals surface area contributed by atoms with Crippen LogP contribution in [0.15, 0.2) is 84.9 Å². The van der Waals surface area contributed by atoms with Crippen LogP contribution in [0.25, 0.3) is 0 Å². The molecular formula is C39H34O10. The third kappa shape index (κ3) is 5.98. The lowest BCUT2D eigenvalue weighted by Crippen LogP contribution is -2.41. The number of carbonyl (C=O) groups excluding carboxylic acids is 4. The molecule has 10 heteroatoms. The average molecular weight is 663 g/mol. The van der Waals surface area contributed by atoms with E-state index in [2.05, 4.69) is 25.5 Å². The van der Waals surface area contributed by atoms with Crippen molar-refractivity contribution in [3.8, 4) is 11.5 Å². The Morgan fingerprint density at radius 2 is 1.45 bits per heavy atom. The second-order valence-electron chi connectivity index (χ2n) is 13.9. The summed E-state index contributed by atoms with van der Waals surface area (Å²) in [6.07, 6.45) is 0.157. The van der Waals surface area contributed by atoms with E-state index in [9.17, 15) is 29.4 Å². The number of fused-ring (bicyclic) bond motifs is 2. The Labute approximate surface area is 282 Å². The Morgan fingerprint density at radius 1 is 0.796 bits per heavy atom. The fourth-order valence-electron chi connectivity index (χ4n) is 7.80. The highest BCUT2D eigenvalue weighted by atomic mass is 16.6. The first-order valence-corrected chi connectivity index (χ1v) is 16.0. The number of ether oxygens (including phenoxy) is 4. The molecule has 4 aromatic carbocycles. The summed E-state index contributed by atoms with van der Waals surface area (Å²) in [5, 5.41) is 20.7. The van der Waals surface area contributed by atoms with E-state index in [4.69, 9.17) is 14.2 Å². The van der Waals surface area contributed by atoms with Gasteiger partial charge in [0.15, 0.2) is 0 Å². The van der Waals surface area contributed by atoms with Crippen molar-refractivity contribution in [3.63, 3.8) is 0 Å². The highest BCUT2D eigenvalue weighted by Gasteiger charge is 2.45. The zero-order chi connectivity index (χ0) is 34.7. The number of hydrogen-bond acceptors (Lipinski definition) is 10. The molecule has 0 spiro atoms. The summed E-state index contributed by atoms with van der Waals surface area (Å²) in [6.45, 7) is 6.80. The number of carbonyl (C=O) groups is 4. The number of rotatable bonds is 7. The first-order valence-electron chi connectivity index (χ1n) is 16.0. The number of benzene rings is 4. The molecule has 1 aliphatic carbocycles. The predicted molar refractivity (Wildman–Crippen MR) is 174 cm³/mol. The maximum atomic E-state index is 13.0. The summed E-state index contributed by atoms with van der Waals surface area (Å²) in [4.78, 5) is 48.7. The van der Waals surface area contributed by atoms with Crippen molar-refractivity contribution in [1.82, 2.24) is 0 Å². The van der Waals surface area contributed by atoms with Crippen molar-refractivity contribution >= 4 is 23.9 Å². The third-order valence-corrected chi connectivity index (χ3v) is 9.60. The quantitative estimate of drug-likeness (QED) is 0.0963. The fourth-order valence-corrected chi connectivity index (χ4v) is 7.80. The van der Waals surface area contributed by atoms with Crippen LogP contribution in [0.4, 0.5) is 0 Å². The number of esters is 4. The van der Waals surface area contributed by atoms with Crippen LogP contribution < -0.4 is 9.47 Å². The molecule has 1 saturated carbocycles. The molecule has 4 atom stereocenters. The molecule has 0 saturated heterocycles. The van der Waals surface area contributed by atoms with Gasteiger partial charge >= 0.3 is 23.9 Å². The van der Waals surface area contributed by atoms with Gasteiger partial charge in [-0.15, -0.1) is 0 Å². The highest BCUT2D eigenvalue weighted by Crippen LogP contribution is 2.54. The Bertz CT molecular complexity index is 2000. The minimum Gasteiger partial charge on any atom is -0.461 e. The lowest BCUT2D eigenvalue weighted by molar-refractivity contribution is -0.0548. The first-order chi connectivity index (χ1) is 23.3. The van der Waals surface area contributed by atoms with Gasteiger partial charge in [-0.1, -0.05) is 57.2 Å². The van der Waals surface area contributed by atoms with Crippen LogP contribution in [0.1, 0.15) is 116 Å². The zero-order valence-corrected chi connectivity index (χ0v) is 27.1. The molecule has 4 unspecified atom stereocenters. The minimum absolute atomic E-state index is 0.0343. The monoisotopic (exact) mass is 662 g/mol. The standard InChI is InChI=1S/C39H34O10/c1-21-18-38(2,3)20-39(19-21,24-6-10-26(11-7-24)46-32(40)22-4-14-28-30(16-22)36(44)48-34(28)42)25-8-12-27(13-9-25)47-33(41)23-5-15-29-31(17-23)37(45)49-35(29)43/h4-17,21,32,34,40,42H,18-20H2,1-3H3. The van der Waals surface area contributed by atoms with E-state index in [0.717, 1.165) is 30.4 Å². The predicted octanol–water partition coefficient (Wildman–Crippen LogP) is 6.58. The van der Waals surface area contributed by atoms with Gasteiger partial charge in [-0.3, -0.25) is 0 Å². The molecule has 4 aromatic rings. The summed E-state index contributed by atoms with van der Waals surface area (Å²) < 4.78 is 20.9. The highest BCUT2D eigenvalue weighted by molar-refractivity contribution is 6.15. The van der Waals surface area contributed by atoms with E-state index in [-0.39, 0.29) is 33.1 Å². The lowest BCUT2D eigenvalue weighted by atomic mass is 9.55. The Balaban J connectivity index is 1.12. The van der Waals surface area contributed by atoms with Crippen LogP contribution in [0.3, 0.4) is 0 Å². The van der Waals surface area contributed by atoms with Gasteiger partial charge in [-0.2, -0.15) is 0 Å². The molecule has 3 aliphatic rings. The van der Waals surface area contributed by atoms with Crippen LogP contribution in [0, 0.1) is 11.3 Å². The van der Waals surface area contributed by atoms with Crippen molar-refractivity contribution in [2.45, 2.75) is 58.0 Å². The molecule has 0 bridgehead atoms. The van der Waals surface area contributed by atoms with E-state index in [1.54, 1.807) is 18.2 Å². The van der Waals surface area contributed by atoms with Gasteiger partial charge in [-0.05, 0) is 90.3 Å². The molecule has 0 aromatic heterocycles. The normalized spacial score (nSPS) is 22.8. The average Bonchev–Trinajstić information content (AvgIpc) is 3.52. The molecule has 7 rings (SSSR count). The van der Waals surface area contributed by atoms with E-state index in [1.165, 1.54) is 30.3 Å². The molecule has 0 amide bonds. The van der Waals surface area contributed by atoms with Crippen molar-refractivity contribution < 1.29 is 48.3 Å². The largest absolute Gasteiger partial charge is 0.461 e. The molecule has 250 valence electrons. The molecular weight excluding hydrogens is 628 g/mol. The van der Waals surface area contributed by atoms with Crippen LogP contribution in [-0.4, -0.2) is 34.1 Å². The molecule has 2 heterocycles. The van der Waals surface area contributed by atoms with Gasteiger partial charge in [0.2, 0.25) is 12.6 Å². The Kier molecular flexibility index (Phi) is 7.88. The van der Waals surface area contributed by atoms with E-state index >= 15 is 0 Å². The fraction of sp³-hybridized carbons (Fsp3) is 0.282. The second kappa shape index (κ2) is 12.0. The molecule has 10 nitrogen and oxygen atoms in total. The van der Waals surface area contributed by atoms with Crippen LogP contribution >= 0.6 is 0 Å². The number of hydrogen-bond donors (Lipinski definition) is 2. The Hall–Kier alpha value is -5.32. The lowest BCUT2D eigenvalue weighted by Gasteiger charge is -2.48. The van der Waals surface area contributed by atoms with Gasteiger partial charge in [-0.25, -0.2) is 19.2 Å². The van der Waals surface area contributed by atoms with Gasteiger partial charge < -0.3 is 29.2 Å². The van der Waals surface area contributed by atoms with Crippen molar-refractivity contribution in [2.75, 3.05) is 0 Å². The molecule has 1 fully saturated rings. The maximum Gasteiger partial charge on any atom is 0.346 e.